The van der Waals surface area contributed by atoms with Crippen LogP contribution in [0.2, 0.25) is 25.1 Å². The normalized spacial score (nSPS) is 11.0. The third kappa shape index (κ3) is 8.29. The van der Waals surface area contributed by atoms with E-state index in [1.807, 2.05) is 0 Å². The Bertz CT molecular complexity index is 2730. The summed E-state index contributed by atoms with van der Waals surface area (Å²) in [6.07, 6.45) is 0. The van der Waals surface area contributed by atoms with Gasteiger partial charge in [-0.3, -0.25) is 9.59 Å². The molecule has 55 heavy (non-hydrogen) atoms. The zero-order valence-corrected chi connectivity index (χ0v) is 31.6. The Morgan fingerprint density at radius 1 is 0.509 bits per heavy atom. The van der Waals surface area contributed by atoms with E-state index in [2.05, 4.69) is 30.6 Å². The van der Waals surface area contributed by atoms with Crippen molar-refractivity contribution in [2.45, 2.75) is 0 Å². The highest BCUT2D eigenvalue weighted by molar-refractivity contribution is 6.39. The maximum absolute atomic E-state index is 13.9. The van der Waals surface area contributed by atoms with Crippen LogP contribution in [-0.4, -0.2) is 31.8 Å². The number of H-pyrrole nitrogens is 2. The molecule has 0 saturated heterocycles. The van der Waals surface area contributed by atoms with Gasteiger partial charge in [0.2, 0.25) is 0 Å². The summed E-state index contributed by atoms with van der Waals surface area (Å²) in [4.78, 5) is 40.2. The van der Waals surface area contributed by atoms with Gasteiger partial charge in [-0.15, -0.1) is 0 Å². The van der Waals surface area contributed by atoms with E-state index in [0.717, 1.165) is 6.07 Å². The molecule has 0 aliphatic rings. The molecule has 0 bridgehead atoms. The Hall–Kier alpha value is -5.49. The molecule has 6 aromatic carbocycles. The molecule has 0 atom stereocenters. The summed E-state index contributed by atoms with van der Waals surface area (Å²) in [6, 6.07) is 30.3. The Balaban J connectivity index is 0.000000169. The lowest BCUT2D eigenvalue weighted by molar-refractivity contribution is 0.101. The van der Waals surface area contributed by atoms with Crippen molar-refractivity contribution < 1.29 is 18.4 Å². The molecule has 0 spiro atoms. The average molecular weight is 835 g/mol. The number of aromatic amines is 2. The molecule has 0 radical (unpaired) electrons. The van der Waals surface area contributed by atoms with Crippen molar-refractivity contribution in [1.29, 1.82) is 0 Å². The van der Waals surface area contributed by atoms with Gasteiger partial charge in [0, 0.05) is 16.1 Å². The molecular weight excluding hydrogens is 812 g/mol. The molecule has 274 valence electrons. The van der Waals surface area contributed by atoms with Gasteiger partial charge in [0.05, 0.1) is 64.7 Å². The number of benzene rings is 6. The van der Waals surface area contributed by atoms with Crippen LogP contribution in [0.3, 0.4) is 0 Å². The number of nitrogens with one attached hydrogen (secondary N) is 4. The molecule has 8 nitrogen and oxygen atoms in total. The first-order valence-electron chi connectivity index (χ1n) is 16.2. The zero-order valence-electron chi connectivity index (χ0n) is 27.8. The lowest BCUT2D eigenvalue weighted by Crippen LogP contribution is -2.12. The number of carbonyl (C=O) groups excluding carboxylic acids is 2. The predicted molar refractivity (Wildman–Crippen MR) is 217 cm³/mol. The number of hydrogen-bond acceptors (Lipinski definition) is 4. The maximum Gasteiger partial charge on any atom is 0.255 e. The number of para-hydroxylation sites is 1. The number of carbonyl (C=O) groups is 2. The quantitative estimate of drug-likeness (QED) is 0.133. The van der Waals surface area contributed by atoms with Crippen LogP contribution in [-0.2, 0) is 0 Å². The number of nitrogens with zero attached hydrogens (tertiary/aromatic N) is 2. The Morgan fingerprint density at radius 3 is 1.42 bits per heavy atom. The summed E-state index contributed by atoms with van der Waals surface area (Å²) in [5.74, 6) is -0.994. The monoisotopic (exact) mass is 832 g/mol. The van der Waals surface area contributed by atoms with Gasteiger partial charge in [-0.25, -0.2) is 18.7 Å². The fourth-order valence-electron chi connectivity index (χ4n) is 5.53. The summed E-state index contributed by atoms with van der Waals surface area (Å²) < 4.78 is 27.6. The van der Waals surface area contributed by atoms with Crippen molar-refractivity contribution in [3.63, 3.8) is 0 Å². The predicted octanol–water partition coefficient (Wildman–Crippen LogP) is 12.5. The van der Waals surface area contributed by atoms with Crippen LogP contribution in [0.1, 0.15) is 20.7 Å². The standard InChI is InChI=1S/C20H11Cl3FN3O.C20H12Cl2FN3O/c21-11-5-7-15(14(24)9-11)27-20(28)10-4-6-16-17(8-10)26-19(25-16)18-12(22)2-1-3-13(18)23;21-12-4-3-5-13(22)18(12)19-24-16-9-8-11(10-17(16)25-19)20(27)26-15-7-2-1-6-14(15)23/h1-9H,(H,25,26)(H,27,28);1-10H,(H,24,25)(H,26,27). The fourth-order valence-corrected chi connectivity index (χ4v) is 6.84. The van der Waals surface area contributed by atoms with Gasteiger partial charge < -0.3 is 20.6 Å². The molecule has 0 fully saturated rings. The van der Waals surface area contributed by atoms with Gasteiger partial charge in [0.1, 0.15) is 23.3 Å². The first-order valence-corrected chi connectivity index (χ1v) is 18.0. The van der Waals surface area contributed by atoms with E-state index < -0.39 is 23.4 Å². The minimum atomic E-state index is -0.612. The fraction of sp³-hybridized carbons (Fsp3) is 0. The summed E-state index contributed by atoms with van der Waals surface area (Å²) >= 11 is 30.7. The molecule has 0 aliphatic heterocycles. The van der Waals surface area contributed by atoms with Crippen LogP contribution >= 0.6 is 58.0 Å². The lowest BCUT2D eigenvalue weighted by atomic mass is 10.2. The van der Waals surface area contributed by atoms with Gasteiger partial charge in [-0.05, 0) is 91.0 Å². The third-order valence-electron chi connectivity index (χ3n) is 8.19. The van der Waals surface area contributed by atoms with Gasteiger partial charge in [-0.1, -0.05) is 82.3 Å². The highest BCUT2D eigenvalue weighted by atomic mass is 35.5. The van der Waals surface area contributed by atoms with E-state index >= 15 is 0 Å². The van der Waals surface area contributed by atoms with E-state index in [1.54, 1.807) is 84.9 Å². The van der Waals surface area contributed by atoms with E-state index in [1.165, 1.54) is 24.3 Å². The van der Waals surface area contributed by atoms with Crippen LogP contribution in [0.25, 0.3) is 44.8 Å². The molecule has 15 heteroatoms. The average Bonchev–Trinajstić information content (AvgIpc) is 3.77. The summed E-state index contributed by atoms with van der Waals surface area (Å²) in [6.45, 7) is 0. The van der Waals surface area contributed by atoms with Crippen molar-refractivity contribution in [3.05, 3.63) is 163 Å². The van der Waals surface area contributed by atoms with E-state index in [4.69, 9.17) is 58.0 Å². The molecule has 4 N–H and O–H groups in total. The van der Waals surface area contributed by atoms with Gasteiger partial charge >= 0.3 is 0 Å². The van der Waals surface area contributed by atoms with Crippen LogP contribution in [0, 0.1) is 11.6 Å². The second-order valence-corrected chi connectivity index (χ2v) is 13.9. The lowest BCUT2D eigenvalue weighted by Gasteiger charge is -2.06. The Labute approximate surface area is 336 Å². The van der Waals surface area contributed by atoms with Crippen molar-refractivity contribution in [2.75, 3.05) is 10.6 Å². The number of fused-ring (bicyclic) bond motifs is 2. The number of anilines is 2. The van der Waals surface area contributed by atoms with Gasteiger partial charge in [0.25, 0.3) is 11.8 Å². The highest BCUT2D eigenvalue weighted by Gasteiger charge is 2.17. The SMILES string of the molecule is O=C(Nc1ccc(Cl)cc1F)c1ccc2nc(-c3c(Cl)cccc3Cl)[nH]c2c1.O=C(Nc1ccccc1F)c1ccc2nc(-c3c(Cl)cccc3Cl)[nH]c2c1. The van der Waals surface area contributed by atoms with E-state index in [0.29, 0.717) is 76.1 Å². The molecule has 8 rings (SSSR count). The summed E-state index contributed by atoms with van der Waals surface area (Å²) in [7, 11) is 0. The third-order valence-corrected chi connectivity index (χ3v) is 9.68. The van der Waals surface area contributed by atoms with Crippen molar-refractivity contribution in [1.82, 2.24) is 19.9 Å². The van der Waals surface area contributed by atoms with E-state index in [9.17, 15) is 18.4 Å². The summed E-state index contributed by atoms with van der Waals surface area (Å²) in [5.41, 5.74) is 4.60. The van der Waals surface area contributed by atoms with Crippen LogP contribution in [0.15, 0.2) is 115 Å². The first kappa shape index (κ1) is 37.8. The molecule has 2 heterocycles. The number of halogens is 7. The van der Waals surface area contributed by atoms with E-state index in [-0.39, 0.29) is 16.4 Å². The smallest absolute Gasteiger partial charge is 0.255 e. The minimum Gasteiger partial charge on any atom is -0.338 e. The number of hydrogen-bond donors (Lipinski definition) is 4. The molecule has 2 aromatic heterocycles. The number of rotatable bonds is 6. The molecule has 0 saturated carbocycles. The van der Waals surface area contributed by atoms with Crippen molar-refractivity contribution in [3.8, 4) is 22.8 Å². The van der Waals surface area contributed by atoms with Crippen LogP contribution < -0.4 is 10.6 Å². The summed E-state index contributed by atoms with van der Waals surface area (Å²) in [5, 5.41) is 7.20. The van der Waals surface area contributed by atoms with Gasteiger partial charge in [0.15, 0.2) is 0 Å². The first-order chi connectivity index (χ1) is 26.4. The second-order valence-electron chi connectivity index (χ2n) is 11.8. The second kappa shape index (κ2) is 16.1. The Morgan fingerprint density at radius 2 is 0.964 bits per heavy atom. The van der Waals surface area contributed by atoms with Crippen molar-refractivity contribution in [2.24, 2.45) is 0 Å². The van der Waals surface area contributed by atoms with Crippen LogP contribution in [0.4, 0.5) is 20.2 Å². The van der Waals surface area contributed by atoms with Gasteiger partial charge in [-0.2, -0.15) is 0 Å². The number of imidazole rings is 2. The maximum atomic E-state index is 13.9. The topological polar surface area (TPSA) is 116 Å². The molecule has 8 aromatic rings. The highest BCUT2D eigenvalue weighted by Crippen LogP contribution is 2.35. The number of aromatic nitrogens is 4. The minimum absolute atomic E-state index is 0.0441. The largest absolute Gasteiger partial charge is 0.338 e. The zero-order chi connectivity index (χ0) is 38.8. The van der Waals surface area contributed by atoms with Crippen molar-refractivity contribution >= 4 is 103 Å². The molecule has 0 unspecified atom stereocenters. The Kier molecular flexibility index (Phi) is 11.1. The molecule has 0 aliphatic carbocycles. The molecular formula is C40H23Cl5F2N6O2. The number of amides is 2. The molecule has 2 amide bonds. The van der Waals surface area contributed by atoms with Crippen LogP contribution in [0.5, 0.6) is 0 Å².